The summed E-state index contributed by atoms with van der Waals surface area (Å²) in [5, 5.41) is 11.0. The molecule has 0 saturated heterocycles. The molecule has 0 heterocycles. The van der Waals surface area contributed by atoms with Crippen molar-refractivity contribution in [3.63, 3.8) is 0 Å². The van der Waals surface area contributed by atoms with Gasteiger partial charge in [-0.05, 0) is 31.2 Å². The van der Waals surface area contributed by atoms with Gasteiger partial charge in [0.25, 0.3) is 0 Å². The Balaban J connectivity index is 2.09. The number of aliphatic hydroxyl groups is 1. The Bertz CT molecular complexity index is 524. The predicted octanol–water partition coefficient (Wildman–Crippen LogP) is 2.90. The zero-order valence-corrected chi connectivity index (χ0v) is 12.9. The summed E-state index contributed by atoms with van der Waals surface area (Å²) in [5.74, 6) is 0.300. The summed E-state index contributed by atoms with van der Waals surface area (Å²) in [7, 11) is -2.94. The van der Waals surface area contributed by atoms with Gasteiger partial charge in [-0.3, -0.25) is 0 Å². The van der Waals surface area contributed by atoms with Crippen LogP contribution < -0.4 is 0 Å². The van der Waals surface area contributed by atoms with Crippen LogP contribution in [0.2, 0.25) is 0 Å². The fourth-order valence-corrected chi connectivity index (χ4v) is 3.99. The number of rotatable bonds is 5. The lowest BCUT2D eigenvalue weighted by atomic mass is 9.70. The topological polar surface area (TPSA) is 54.4 Å². The molecule has 0 amide bonds. The van der Waals surface area contributed by atoms with E-state index in [1.54, 1.807) is 0 Å². The summed E-state index contributed by atoms with van der Waals surface area (Å²) < 4.78 is 22.5. The molecule has 112 valence electrons. The zero-order chi connectivity index (χ0) is 14.6. The smallest absolute Gasteiger partial charge is 0.147 e. The summed E-state index contributed by atoms with van der Waals surface area (Å²) >= 11 is 0. The third-order valence-corrected chi connectivity index (χ3v) is 5.36. The average Bonchev–Trinajstić information content (AvgIpc) is 2.38. The van der Waals surface area contributed by atoms with Crippen molar-refractivity contribution in [3.05, 3.63) is 35.9 Å². The monoisotopic (exact) mass is 296 g/mol. The maximum Gasteiger partial charge on any atom is 0.147 e. The van der Waals surface area contributed by atoms with Gasteiger partial charge < -0.3 is 5.11 Å². The largest absolute Gasteiger partial charge is 0.389 e. The predicted molar refractivity (Wildman–Crippen MR) is 81.5 cm³/mol. The molecule has 0 radical (unpaired) electrons. The third kappa shape index (κ3) is 4.06. The van der Waals surface area contributed by atoms with Crippen LogP contribution in [0.3, 0.4) is 0 Å². The summed E-state index contributed by atoms with van der Waals surface area (Å²) in [6.45, 7) is 0. The van der Waals surface area contributed by atoms with Gasteiger partial charge in [0.15, 0.2) is 0 Å². The van der Waals surface area contributed by atoms with Crippen LogP contribution in [-0.4, -0.2) is 31.1 Å². The molecule has 1 fully saturated rings. The highest BCUT2D eigenvalue weighted by molar-refractivity contribution is 7.90. The molecule has 1 aliphatic carbocycles. The highest BCUT2D eigenvalue weighted by atomic mass is 32.2. The Morgan fingerprint density at radius 3 is 2.60 bits per heavy atom. The van der Waals surface area contributed by atoms with Crippen molar-refractivity contribution in [1.82, 2.24) is 0 Å². The summed E-state index contributed by atoms with van der Waals surface area (Å²) in [4.78, 5) is 0. The van der Waals surface area contributed by atoms with E-state index in [4.69, 9.17) is 0 Å². The molecule has 2 rings (SSSR count). The molecule has 0 spiro atoms. The number of hydrogen-bond acceptors (Lipinski definition) is 3. The molecular weight excluding hydrogens is 272 g/mol. The van der Waals surface area contributed by atoms with Gasteiger partial charge in [0.2, 0.25) is 0 Å². The number of sulfone groups is 1. The van der Waals surface area contributed by atoms with Crippen molar-refractivity contribution in [3.8, 4) is 0 Å². The number of benzene rings is 1. The average molecular weight is 296 g/mol. The standard InChI is InChI=1S/C16H24O3S/c1-20(18,19)13-7-12-16(17)11-6-5-10-15(16)14-8-3-2-4-9-14/h2-4,8-9,15,17H,5-7,10-13H2,1H3. The molecule has 1 aliphatic rings. The minimum absolute atomic E-state index is 0.136. The lowest BCUT2D eigenvalue weighted by Crippen LogP contribution is -2.39. The molecule has 0 aromatic heterocycles. The summed E-state index contributed by atoms with van der Waals surface area (Å²) in [6.07, 6.45) is 6.28. The van der Waals surface area contributed by atoms with E-state index in [0.717, 1.165) is 25.7 Å². The fraction of sp³-hybridized carbons (Fsp3) is 0.625. The SMILES string of the molecule is CS(=O)(=O)CCCC1(O)CCCCC1c1ccccc1. The van der Waals surface area contributed by atoms with Crippen LogP contribution in [0.15, 0.2) is 30.3 Å². The maximum absolute atomic E-state index is 11.2. The molecule has 0 aliphatic heterocycles. The van der Waals surface area contributed by atoms with Crippen LogP contribution in [-0.2, 0) is 9.84 Å². The highest BCUT2D eigenvalue weighted by Gasteiger charge is 2.39. The Morgan fingerprint density at radius 2 is 1.95 bits per heavy atom. The van der Waals surface area contributed by atoms with Crippen LogP contribution in [0.25, 0.3) is 0 Å². The zero-order valence-electron chi connectivity index (χ0n) is 12.1. The molecule has 2 unspecified atom stereocenters. The third-order valence-electron chi connectivity index (χ3n) is 4.33. The second-order valence-corrected chi connectivity index (χ2v) is 8.31. The molecule has 4 heteroatoms. The molecule has 3 nitrogen and oxygen atoms in total. The van der Waals surface area contributed by atoms with Crippen LogP contribution >= 0.6 is 0 Å². The van der Waals surface area contributed by atoms with E-state index in [1.807, 2.05) is 18.2 Å². The van der Waals surface area contributed by atoms with Crippen molar-refractivity contribution >= 4 is 9.84 Å². The van der Waals surface area contributed by atoms with Gasteiger partial charge in [0, 0.05) is 17.9 Å². The van der Waals surface area contributed by atoms with Crippen molar-refractivity contribution in [2.45, 2.75) is 50.0 Å². The lowest BCUT2D eigenvalue weighted by molar-refractivity contribution is -0.0247. The molecule has 1 saturated carbocycles. The Labute approximate surface area is 121 Å². The van der Waals surface area contributed by atoms with E-state index >= 15 is 0 Å². The van der Waals surface area contributed by atoms with E-state index in [1.165, 1.54) is 11.8 Å². The maximum atomic E-state index is 11.2. The normalized spacial score (nSPS) is 27.4. The van der Waals surface area contributed by atoms with Gasteiger partial charge >= 0.3 is 0 Å². The Kier molecular flexibility index (Phi) is 4.86. The molecule has 1 aromatic rings. The minimum atomic E-state index is -2.94. The van der Waals surface area contributed by atoms with Crippen molar-refractivity contribution in [1.29, 1.82) is 0 Å². The lowest BCUT2D eigenvalue weighted by Gasteiger charge is -2.40. The fourth-order valence-electron chi connectivity index (χ4n) is 3.32. The van der Waals surface area contributed by atoms with Gasteiger partial charge in [0.05, 0.1) is 5.60 Å². The highest BCUT2D eigenvalue weighted by Crippen LogP contribution is 2.43. The van der Waals surface area contributed by atoms with E-state index in [-0.39, 0.29) is 11.7 Å². The second-order valence-electron chi connectivity index (χ2n) is 6.05. The van der Waals surface area contributed by atoms with Gasteiger partial charge in [-0.1, -0.05) is 43.2 Å². The summed E-state index contributed by atoms with van der Waals surface area (Å²) in [6, 6.07) is 10.1. The van der Waals surface area contributed by atoms with Crippen molar-refractivity contribution in [2.24, 2.45) is 0 Å². The quantitative estimate of drug-likeness (QED) is 0.909. The van der Waals surface area contributed by atoms with Gasteiger partial charge in [-0.2, -0.15) is 0 Å². The van der Waals surface area contributed by atoms with Crippen LogP contribution in [0, 0.1) is 0 Å². The molecule has 2 atom stereocenters. The van der Waals surface area contributed by atoms with Gasteiger partial charge in [-0.15, -0.1) is 0 Å². The first kappa shape index (κ1) is 15.5. The number of hydrogen-bond donors (Lipinski definition) is 1. The molecule has 0 bridgehead atoms. The Hall–Kier alpha value is -0.870. The molecular formula is C16H24O3S. The first-order chi connectivity index (χ1) is 9.41. The van der Waals surface area contributed by atoms with Gasteiger partial charge in [-0.25, -0.2) is 8.42 Å². The first-order valence-electron chi connectivity index (χ1n) is 7.36. The van der Waals surface area contributed by atoms with E-state index in [0.29, 0.717) is 12.8 Å². The Morgan fingerprint density at radius 1 is 1.25 bits per heavy atom. The van der Waals surface area contributed by atoms with E-state index < -0.39 is 15.4 Å². The second kappa shape index (κ2) is 6.27. The van der Waals surface area contributed by atoms with E-state index in [2.05, 4.69) is 12.1 Å². The molecule has 1 aromatic carbocycles. The minimum Gasteiger partial charge on any atom is -0.389 e. The van der Waals surface area contributed by atoms with E-state index in [9.17, 15) is 13.5 Å². The van der Waals surface area contributed by atoms with Crippen molar-refractivity contribution in [2.75, 3.05) is 12.0 Å². The molecule has 1 N–H and O–H groups in total. The van der Waals surface area contributed by atoms with Crippen LogP contribution in [0.1, 0.15) is 50.0 Å². The summed E-state index contributed by atoms with van der Waals surface area (Å²) in [5.41, 5.74) is 0.429. The molecule has 20 heavy (non-hydrogen) atoms. The van der Waals surface area contributed by atoms with Crippen LogP contribution in [0.5, 0.6) is 0 Å². The van der Waals surface area contributed by atoms with Crippen LogP contribution in [0.4, 0.5) is 0 Å². The first-order valence-corrected chi connectivity index (χ1v) is 9.42. The van der Waals surface area contributed by atoms with Crippen molar-refractivity contribution < 1.29 is 13.5 Å². The van der Waals surface area contributed by atoms with Gasteiger partial charge in [0.1, 0.15) is 9.84 Å².